The van der Waals surface area contributed by atoms with Gasteiger partial charge < -0.3 is 16.0 Å². The van der Waals surface area contributed by atoms with Gasteiger partial charge in [-0.1, -0.05) is 0 Å². The van der Waals surface area contributed by atoms with Crippen molar-refractivity contribution in [3.05, 3.63) is 29.6 Å². The van der Waals surface area contributed by atoms with Gasteiger partial charge >= 0.3 is 0 Å². The standard InChI is InChI=1S/C18H22FN5O4/c19-13-2-1-11(21-16(26)10-24-7-5-20-6-8-24)9-12(13)17(27)22-14-3-4-15(25)23-18(14)28/h1-2,9,14,20H,3-8,10H2,(H,21,26)(H,22,27)(H,23,25,28). The molecule has 0 radical (unpaired) electrons. The van der Waals surface area contributed by atoms with Crippen LogP contribution in [0.4, 0.5) is 10.1 Å². The molecule has 1 unspecified atom stereocenters. The molecule has 2 saturated heterocycles. The Balaban J connectivity index is 1.62. The van der Waals surface area contributed by atoms with E-state index in [1.807, 2.05) is 4.90 Å². The molecule has 2 aliphatic heterocycles. The molecule has 0 saturated carbocycles. The minimum Gasteiger partial charge on any atom is -0.340 e. The lowest BCUT2D eigenvalue weighted by Crippen LogP contribution is -2.52. The van der Waals surface area contributed by atoms with Gasteiger partial charge in [-0.2, -0.15) is 0 Å². The van der Waals surface area contributed by atoms with Crippen LogP contribution in [0.5, 0.6) is 0 Å². The van der Waals surface area contributed by atoms with Crippen molar-refractivity contribution in [2.45, 2.75) is 18.9 Å². The largest absolute Gasteiger partial charge is 0.340 e. The van der Waals surface area contributed by atoms with E-state index in [4.69, 9.17) is 0 Å². The van der Waals surface area contributed by atoms with Crippen molar-refractivity contribution in [3.8, 4) is 0 Å². The van der Waals surface area contributed by atoms with Gasteiger partial charge in [0.15, 0.2) is 0 Å². The first kappa shape index (κ1) is 19.9. The normalized spacial score (nSPS) is 20.4. The minimum atomic E-state index is -0.907. The predicted octanol–water partition coefficient (Wildman–Crippen LogP) is -0.796. The van der Waals surface area contributed by atoms with Crippen LogP contribution in [0.25, 0.3) is 0 Å². The number of nitrogens with zero attached hydrogens (tertiary/aromatic N) is 1. The van der Waals surface area contributed by atoms with Gasteiger partial charge in [-0.25, -0.2) is 4.39 Å². The van der Waals surface area contributed by atoms with Crippen molar-refractivity contribution in [3.63, 3.8) is 0 Å². The molecule has 1 aromatic rings. The molecule has 10 heteroatoms. The Labute approximate surface area is 161 Å². The van der Waals surface area contributed by atoms with Crippen molar-refractivity contribution < 1.29 is 23.6 Å². The highest BCUT2D eigenvalue weighted by atomic mass is 19.1. The van der Waals surface area contributed by atoms with Gasteiger partial charge in [0.1, 0.15) is 11.9 Å². The molecule has 2 fully saturated rings. The Kier molecular flexibility index (Phi) is 6.32. The number of rotatable bonds is 5. The van der Waals surface area contributed by atoms with Gasteiger partial charge in [-0.05, 0) is 24.6 Å². The zero-order chi connectivity index (χ0) is 20.1. The molecule has 28 heavy (non-hydrogen) atoms. The van der Waals surface area contributed by atoms with Crippen molar-refractivity contribution in [1.29, 1.82) is 0 Å². The third kappa shape index (κ3) is 5.11. The average molecular weight is 391 g/mol. The van der Waals surface area contributed by atoms with Crippen LogP contribution in [0.3, 0.4) is 0 Å². The molecule has 0 spiro atoms. The molecule has 1 atom stereocenters. The molecule has 4 N–H and O–H groups in total. The zero-order valence-electron chi connectivity index (χ0n) is 15.2. The van der Waals surface area contributed by atoms with E-state index in [-0.39, 0.29) is 36.5 Å². The fourth-order valence-corrected chi connectivity index (χ4v) is 3.12. The predicted molar refractivity (Wildman–Crippen MR) is 98.0 cm³/mol. The highest BCUT2D eigenvalue weighted by molar-refractivity contribution is 6.04. The highest BCUT2D eigenvalue weighted by Crippen LogP contribution is 2.16. The molecule has 150 valence electrons. The van der Waals surface area contributed by atoms with E-state index in [0.717, 1.165) is 32.2 Å². The minimum absolute atomic E-state index is 0.0985. The summed E-state index contributed by atoms with van der Waals surface area (Å²) in [6.07, 6.45) is 0.250. The Morgan fingerprint density at radius 2 is 1.96 bits per heavy atom. The van der Waals surface area contributed by atoms with Gasteiger partial charge in [-0.3, -0.25) is 29.4 Å². The van der Waals surface area contributed by atoms with E-state index < -0.39 is 29.6 Å². The number of halogens is 1. The number of piperazine rings is 1. The number of benzene rings is 1. The summed E-state index contributed by atoms with van der Waals surface area (Å²) in [5, 5.41) is 10.4. The summed E-state index contributed by atoms with van der Waals surface area (Å²) in [6, 6.07) is 2.77. The van der Waals surface area contributed by atoms with E-state index in [1.54, 1.807) is 0 Å². The SMILES string of the molecule is O=C1CCC(NC(=O)c2cc(NC(=O)CN3CCNCC3)ccc2F)C(=O)N1. The lowest BCUT2D eigenvalue weighted by atomic mass is 10.1. The first-order valence-corrected chi connectivity index (χ1v) is 9.09. The van der Waals surface area contributed by atoms with Gasteiger partial charge in [0.2, 0.25) is 17.7 Å². The first-order chi connectivity index (χ1) is 13.4. The Hall–Kier alpha value is -2.85. The van der Waals surface area contributed by atoms with Crippen LogP contribution in [0, 0.1) is 5.82 Å². The van der Waals surface area contributed by atoms with Crippen LogP contribution in [-0.4, -0.2) is 67.3 Å². The summed E-state index contributed by atoms with van der Waals surface area (Å²) in [4.78, 5) is 49.5. The maximum Gasteiger partial charge on any atom is 0.254 e. The van der Waals surface area contributed by atoms with Gasteiger partial charge in [-0.15, -0.1) is 0 Å². The number of piperidine rings is 1. The Bertz CT molecular complexity index is 794. The number of anilines is 1. The Morgan fingerprint density at radius 3 is 2.68 bits per heavy atom. The summed E-state index contributed by atoms with van der Waals surface area (Å²) in [5.74, 6) is -2.85. The van der Waals surface area contributed by atoms with Crippen molar-refractivity contribution in [2.75, 3.05) is 38.0 Å². The lowest BCUT2D eigenvalue weighted by molar-refractivity contribution is -0.134. The summed E-state index contributed by atoms with van der Waals surface area (Å²) in [5.41, 5.74) is -0.000342. The van der Waals surface area contributed by atoms with Gasteiger partial charge in [0.05, 0.1) is 12.1 Å². The van der Waals surface area contributed by atoms with Crippen LogP contribution in [-0.2, 0) is 14.4 Å². The second kappa shape index (κ2) is 8.89. The monoisotopic (exact) mass is 391 g/mol. The van der Waals surface area contributed by atoms with Gasteiger partial charge in [0.25, 0.3) is 5.91 Å². The first-order valence-electron chi connectivity index (χ1n) is 9.09. The summed E-state index contributed by atoms with van der Waals surface area (Å²) < 4.78 is 14.1. The zero-order valence-corrected chi connectivity index (χ0v) is 15.2. The van der Waals surface area contributed by atoms with Crippen LogP contribution < -0.4 is 21.3 Å². The molecule has 3 rings (SSSR count). The number of carbonyl (C=O) groups is 4. The van der Waals surface area contributed by atoms with Crippen LogP contribution >= 0.6 is 0 Å². The van der Waals surface area contributed by atoms with Crippen LogP contribution in [0.2, 0.25) is 0 Å². The number of imide groups is 1. The molecule has 1 aromatic carbocycles. The van der Waals surface area contributed by atoms with Crippen LogP contribution in [0.1, 0.15) is 23.2 Å². The average Bonchev–Trinajstić information content (AvgIpc) is 2.66. The third-order valence-corrected chi connectivity index (χ3v) is 4.62. The smallest absolute Gasteiger partial charge is 0.254 e. The highest BCUT2D eigenvalue weighted by Gasteiger charge is 2.29. The molecule has 0 aromatic heterocycles. The molecular weight excluding hydrogens is 369 g/mol. The fraction of sp³-hybridized carbons (Fsp3) is 0.444. The molecule has 9 nitrogen and oxygen atoms in total. The van der Waals surface area contributed by atoms with Crippen molar-refractivity contribution >= 4 is 29.3 Å². The van der Waals surface area contributed by atoms with E-state index in [2.05, 4.69) is 21.3 Å². The second-order valence-corrected chi connectivity index (χ2v) is 6.75. The quantitative estimate of drug-likeness (QED) is 0.488. The topological polar surface area (TPSA) is 120 Å². The summed E-state index contributed by atoms with van der Waals surface area (Å²) >= 11 is 0. The van der Waals surface area contributed by atoms with E-state index in [0.29, 0.717) is 0 Å². The van der Waals surface area contributed by atoms with Crippen molar-refractivity contribution in [2.24, 2.45) is 0 Å². The second-order valence-electron chi connectivity index (χ2n) is 6.75. The summed E-state index contributed by atoms with van der Waals surface area (Å²) in [7, 11) is 0. The molecule has 2 aliphatic rings. The molecule has 0 aliphatic carbocycles. The molecule has 2 heterocycles. The summed E-state index contributed by atoms with van der Waals surface area (Å²) in [6.45, 7) is 3.35. The molecular formula is C18H22FN5O4. The number of hydrogen-bond acceptors (Lipinski definition) is 6. The number of amides is 4. The maximum absolute atomic E-state index is 14.1. The van der Waals surface area contributed by atoms with E-state index in [1.165, 1.54) is 12.1 Å². The number of nitrogens with one attached hydrogen (secondary N) is 4. The number of hydrogen-bond donors (Lipinski definition) is 4. The van der Waals surface area contributed by atoms with E-state index >= 15 is 0 Å². The van der Waals surface area contributed by atoms with Crippen LogP contribution in [0.15, 0.2) is 18.2 Å². The molecule has 4 amide bonds. The Morgan fingerprint density at radius 1 is 1.21 bits per heavy atom. The third-order valence-electron chi connectivity index (χ3n) is 4.62. The fourth-order valence-electron chi connectivity index (χ4n) is 3.12. The lowest BCUT2D eigenvalue weighted by Gasteiger charge is -2.26. The molecule has 0 bridgehead atoms. The van der Waals surface area contributed by atoms with Crippen molar-refractivity contribution in [1.82, 2.24) is 20.9 Å². The van der Waals surface area contributed by atoms with Gasteiger partial charge in [0, 0.05) is 38.3 Å². The van der Waals surface area contributed by atoms with E-state index in [9.17, 15) is 23.6 Å². The number of carbonyl (C=O) groups excluding carboxylic acids is 4. The maximum atomic E-state index is 14.1.